The minimum atomic E-state index is -0.249. The summed E-state index contributed by atoms with van der Waals surface area (Å²) in [7, 11) is 0. The van der Waals surface area contributed by atoms with Gasteiger partial charge in [0.15, 0.2) is 0 Å². The summed E-state index contributed by atoms with van der Waals surface area (Å²) in [6, 6.07) is 8.96. The maximum absolute atomic E-state index is 12.1. The lowest BCUT2D eigenvalue weighted by atomic mass is 10.2. The molecule has 0 aliphatic carbocycles. The standard InChI is InChI=1S/C15H18N2O3/c1-2-7-19-14-6-4-3-5-13(14)17-15(18)11-8-12(9-16)20-10-11/h3-6,8,10H,2,7,9,16H2,1H3,(H,17,18). The molecule has 1 aromatic heterocycles. The number of furan rings is 1. The highest BCUT2D eigenvalue weighted by Crippen LogP contribution is 2.24. The van der Waals surface area contributed by atoms with E-state index in [0.29, 0.717) is 29.4 Å². The quantitative estimate of drug-likeness (QED) is 0.849. The van der Waals surface area contributed by atoms with Crippen molar-refractivity contribution in [3.63, 3.8) is 0 Å². The number of carbonyl (C=O) groups excluding carboxylic acids is 1. The molecule has 106 valence electrons. The van der Waals surface area contributed by atoms with Gasteiger partial charge in [-0.1, -0.05) is 19.1 Å². The fraction of sp³-hybridized carbons (Fsp3) is 0.267. The third-order valence-electron chi connectivity index (χ3n) is 2.71. The molecule has 5 nitrogen and oxygen atoms in total. The van der Waals surface area contributed by atoms with Crippen molar-refractivity contribution in [2.45, 2.75) is 19.9 Å². The van der Waals surface area contributed by atoms with Crippen molar-refractivity contribution in [3.05, 3.63) is 47.9 Å². The summed E-state index contributed by atoms with van der Waals surface area (Å²) in [5.74, 6) is 0.983. The lowest BCUT2D eigenvalue weighted by Gasteiger charge is -2.11. The van der Waals surface area contributed by atoms with Crippen molar-refractivity contribution < 1.29 is 13.9 Å². The lowest BCUT2D eigenvalue weighted by molar-refractivity contribution is 0.102. The van der Waals surface area contributed by atoms with Gasteiger partial charge in [0.1, 0.15) is 17.8 Å². The van der Waals surface area contributed by atoms with Crippen LogP contribution in [0.4, 0.5) is 5.69 Å². The van der Waals surface area contributed by atoms with Gasteiger partial charge in [0.25, 0.3) is 5.91 Å². The third kappa shape index (κ3) is 3.39. The first-order valence-corrected chi connectivity index (χ1v) is 6.55. The lowest BCUT2D eigenvalue weighted by Crippen LogP contribution is -2.12. The Morgan fingerprint density at radius 1 is 1.40 bits per heavy atom. The highest BCUT2D eigenvalue weighted by atomic mass is 16.5. The molecule has 0 bridgehead atoms. The van der Waals surface area contributed by atoms with E-state index < -0.39 is 0 Å². The molecule has 0 aliphatic heterocycles. The van der Waals surface area contributed by atoms with Crippen LogP contribution in [0.2, 0.25) is 0 Å². The molecule has 1 heterocycles. The Balaban J connectivity index is 2.10. The smallest absolute Gasteiger partial charge is 0.259 e. The second kappa shape index (κ2) is 6.77. The highest BCUT2D eigenvalue weighted by molar-refractivity contribution is 6.04. The Hall–Kier alpha value is -2.27. The van der Waals surface area contributed by atoms with Crippen LogP contribution in [0.15, 0.2) is 41.0 Å². The summed E-state index contributed by atoms with van der Waals surface area (Å²) in [4.78, 5) is 12.1. The number of benzene rings is 1. The van der Waals surface area contributed by atoms with Gasteiger partial charge < -0.3 is 20.2 Å². The van der Waals surface area contributed by atoms with Gasteiger partial charge in [-0.15, -0.1) is 0 Å². The first kappa shape index (κ1) is 14.1. The Morgan fingerprint density at radius 3 is 2.90 bits per heavy atom. The number of ether oxygens (including phenoxy) is 1. The van der Waals surface area contributed by atoms with Crippen LogP contribution >= 0.6 is 0 Å². The molecule has 0 spiro atoms. The van der Waals surface area contributed by atoms with Crippen LogP contribution in [-0.2, 0) is 6.54 Å². The minimum absolute atomic E-state index is 0.249. The summed E-state index contributed by atoms with van der Waals surface area (Å²) in [5, 5.41) is 2.81. The van der Waals surface area contributed by atoms with Crippen molar-refractivity contribution in [2.24, 2.45) is 5.73 Å². The molecule has 0 aliphatic rings. The van der Waals surface area contributed by atoms with E-state index in [1.807, 2.05) is 25.1 Å². The van der Waals surface area contributed by atoms with E-state index in [1.54, 1.807) is 12.1 Å². The number of amides is 1. The Kier molecular flexibility index (Phi) is 4.79. The van der Waals surface area contributed by atoms with Crippen LogP contribution in [0.1, 0.15) is 29.5 Å². The normalized spacial score (nSPS) is 10.3. The first-order chi connectivity index (χ1) is 9.74. The molecule has 0 atom stereocenters. The maximum Gasteiger partial charge on any atom is 0.259 e. The number of carbonyl (C=O) groups is 1. The predicted octanol–water partition coefficient (Wildman–Crippen LogP) is 2.78. The molecule has 3 N–H and O–H groups in total. The van der Waals surface area contributed by atoms with Gasteiger partial charge >= 0.3 is 0 Å². The zero-order valence-corrected chi connectivity index (χ0v) is 11.4. The van der Waals surface area contributed by atoms with E-state index in [4.69, 9.17) is 14.9 Å². The van der Waals surface area contributed by atoms with Crippen molar-refractivity contribution in [1.29, 1.82) is 0 Å². The number of nitrogens with one attached hydrogen (secondary N) is 1. The van der Waals surface area contributed by atoms with Crippen molar-refractivity contribution in [1.82, 2.24) is 0 Å². The molecule has 0 saturated heterocycles. The van der Waals surface area contributed by atoms with Crippen LogP contribution in [0.3, 0.4) is 0 Å². The topological polar surface area (TPSA) is 77.5 Å². The van der Waals surface area contributed by atoms with Crippen LogP contribution in [0.5, 0.6) is 5.75 Å². The summed E-state index contributed by atoms with van der Waals surface area (Å²) < 4.78 is 10.7. The second-order valence-corrected chi connectivity index (χ2v) is 4.30. The summed E-state index contributed by atoms with van der Waals surface area (Å²) in [6.45, 7) is 2.90. The summed E-state index contributed by atoms with van der Waals surface area (Å²) in [5.41, 5.74) is 6.53. The fourth-order valence-corrected chi connectivity index (χ4v) is 1.71. The maximum atomic E-state index is 12.1. The van der Waals surface area contributed by atoms with Crippen molar-refractivity contribution >= 4 is 11.6 Å². The highest BCUT2D eigenvalue weighted by Gasteiger charge is 2.12. The zero-order chi connectivity index (χ0) is 14.4. The van der Waals surface area contributed by atoms with Gasteiger partial charge in [-0.05, 0) is 24.6 Å². The number of nitrogens with two attached hydrogens (primary N) is 1. The number of para-hydroxylation sites is 2. The molecule has 1 amide bonds. The molecule has 2 aromatic rings. The van der Waals surface area contributed by atoms with Gasteiger partial charge in [0.2, 0.25) is 0 Å². The minimum Gasteiger partial charge on any atom is -0.491 e. The van der Waals surface area contributed by atoms with Crippen LogP contribution in [0, 0.1) is 0 Å². The van der Waals surface area contributed by atoms with Gasteiger partial charge in [-0.3, -0.25) is 4.79 Å². The van der Waals surface area contributed by atoms with E-state index in [0.717, 1.165) is 6.42 Å². The number of anilines is 1. The van der Waals surface area contributed by atoms with Crippen LogP contribution < -0.4 is 15.8 Å². The zero-order valence-electron chi connectivity index (χ0n) is 11.4. The van der Waals surface area contributed by atoms with Crippen LogP contribution in [0.25, 0.3) is 0 Å². The average molecular weight is 274 g/mol. The molecule has 0 radical (unpaired) electrons. The van der Waals surface area contributed by atoms with E-state index in [1.165, 1.54) is 6.26 Å². The molecule has 2 rings (SSSR count). The second-order valence-electron chi connectivity index (χ2n) is 4.30. The van der Waals surface area contributed by atoms with E-state index >= 15 is 0 Å². The Labute approximate surface area is 117 Å². The van der Waals surface area contributed by atoms with Crippen LogP contribution in [-0.4, -0.2) is 12.5 Å². The van der Waals surface area contributed by atoms with Gasteiger partial charge in [0, 0.05) is 0 Å². The summed E-state index contributed by atoms with van der Waals surface area (Å²) >= 11 is 0. The molecule has 0 unspecified atom stereocenters. The molecule has 1 aromatic carbocycles. The molecule has 20 heavy (non-hydrogen) atoms. The van der Waals surface area contributed by atoms with E-state index in [-0.39, 0.29) is 12.5 Å². The monoisotopic (exact) mass is 274 g/mol. The number of hydrogen-bond acceptors (Lipinski definition) is 4. The van der Waals surface area contributed by atoms with E-state index in [2.05, 4.69) is 5.32 Å². The third-order valence-corrected chi connectivity index (χ3v) is 2.71. The van der Waals surface area contributed by atoms with Gasteiger partial charge in [-0.25, -0.2) is 0 Å². The van der Waals surface area contributed by atoms with E-state index in [9.17, 15) is 4.79 Å². The number of hydrogen-bond donors (Lipinski definition) is 2. The van der Waals surface area contributed by atoms with Crippen molar-refractivity contribution in [3.8, 4) is 5.75 Å². The van der Waals surface area contributed by atoms with Crippen molar-refractivity contribution in [2.75, 3.05) is 11.9 Å². The molecule has 0 fully saturated rings. The molecular weight excluding hydrogens is 256 g/mol. The van der Waals surface area contributed by atoms with Gasteiger partial charge in [0.05, 0.1) is 24.4 Å². The first-order valence-electron chi connectivity index (χ1n) is 6.55. The SMILES string of the molecule is CCCOc1ccccc1NC(=O)c1coc(CN)c1. The Morgan fingerprint density at radius 2 is 2.20 bits per heavy atom. The largest absolute Gasteiger partial charge is 0.491 e. The number of rotatable bonds is 6. The molecular formula is C15H18N2O3. The molecule has 5 heteroatoms. The summed E-state index contributed by atoms with van der Waals surface area (Å²) in [6.07, 6.45) is 2.30. The van der Waals surface area contributed by atoms with Gasteiger partial charge in [-0.2, -0.15) is 0 Å². The molecule has 0 saturated carbocycles. The predicted molar refractivity (Wildman–Crippen MR) is 76.8 cm³/mol. The average Bonchev–Trinajstić information content (AvgIpc) is 2.95. The fourth-order valence-electron chi connectivity index (χ4n) is 1.71. The Bertz CT molecular complexity index is 578.